The van der Waals surface area contributed by atoms with Crippen molar-refractivity contribution in [3.05, 3.63) is 68.2 Å². The molecule has 2 N–H and O–H groups in total. The second-order valence-electron chi connectivity index (χ2n) is 4.68. The highest BCUT2D eigenvalue weighted by Gasteiger charge is 2.14. The molecule has 1 unspecified atom stereocenters. The Morgan fingerprint density at radius 2 is 1.95 bits per heavy atom. The Morgan fingerprint density at radius 1 is 1.29 bits per heavy atom. The number of nitrogens with zero attached hydrogens (tertiary/aromatic N) is 1. The molecule has 6 heteroatoms. The predicted octanol–water partition coefficient (Wildman–Crippen LogP) is 4.67. The summed E-state index contributed by atoms with van der Waals surface area (Å²) in [7, 11) is 0. The van der Waals surface area contributed by atoms with Gasteiger partial charge in [0.25, 0.3) is 5.69 Å². The lowest BCUT2D eigenvalue weighted by Gasteiger charge is -2.07. The molecule has 0 amide bonds. The minimum Gasteiger partial charge on any atom is -0.324 e. The van der Waals surface area contributed by atoms with Crippen molar-refractivity contribution in [2.45, 2.75) is 23.6 Å². The van der Waals surface area contributed by atoms with Gasteiger partial charge in [-0.1, -0.05) is 34.1 Å². The third-order valence-electron chi connectivity index (χ3n) is 3.04. The lowest BCUT2D eigenvalue weighted by atomic mass is 10.1. The minimum atomic E-state index is -0.347. The maximum atomic E-state index is 11.1. The van der Waals surface area contributed by atoms with E-state index in [1.807, 2.05) is 37.3 Å². The fraction of sp³-hybridized carbons (Fsp3) is 0.200. The molecule has 0 spiro atoms. The molecule has 0 bridgehead atoms. The monoisotopic (exact) mass is 366 g/mol. The van der Waals surface area contributed by atoms with Gasteiger partial charge in [-0.25, -0.2) is 0 Å². The highest BCUT2D eigenvalue weighted by molar-refractivity contribution is 9.10. The van der Waals surface area contributed by atoms with E-state index >= 15 is 0 Å². The van der Waals surface area contributed by atoms with Crippen LogP contribution in [0.15, 0.2) is 51.8 Å². The largest absolute Gasteiger partial charge is 0.324 e. The van der Waals surface area contributed by atoms with E-state index in [-0.39, 0.29) is 16.7 Å². The molecule has 4 nitrogen and oxygen atoms in total. The molecule has 0 fully saturated rings. The van der Waals surface area contributed by atoms with Crippen LogP contribution in [0.25, 0.3) is 0 Å². The average molecular weight is 367 g/mol. The van der Waals surface area contributed by atoms with Crippen molar-refractivity contribution in [3.8, 4) is 0 Å². The predicted molar refractivity (Wildman–Crippen MR) is 89.4 cm³/mol. The second-order valence-corrected chi connectivity index (χ2v) is 6.64. The van der Waals surface area contributed by atoms with Crippen LogP contribution in [-0.4, -0.2) is 4.92 Å². The van der Waals surface area contributed by atoms with E-state index in [1.54, 1.807) is 17.8 Å². The number of nitrogens with two attached hydrogens (primary N) is 1. The van der Waals surface area contributed by atoms with E-state index < -0.39 is 0 Å². The van der Waals surface area contributed by atoms with E-state index in [4.69, 9.17) is 5.73 Å². The molecule has 0 saturated carbocycles. The van der Waals surface area contributed by atoms with Crippen molar-refractivity contribution in [1.82, 2.24) is 0 Å². The summed E-state index contributed by atoms with van der Waals surface area (Å²) in [5.41, 5.74) is 7.74. The van der Waals surface area contributed by atoms with Crippen LogP contribution in [0.1, 0.15) is 24.1 Å². The van der Waals surface area contributed by atoms with Crippen LogP contribution in [0.5, 0.6) is 0 Å². The van der Waals surface area contributed by atoms with Gasteiger partial charge in [0, 0.05) is 32.8 Å². The number of nitro benzene ring substituents is 1. The summed E-state index contributed by atoms with van der Waals surface area (Å²) in [6.45, 7) is 1.94. The fourth-order valence-electron chi connectivity index (χ4n) is 1.86. The van der Waals surface area contributed by atoms with Crippen molar-refractivity contribution >= 4 is 33.4 Å². The standard InChI is InChI=1S/C15H15BrN2O2S/c1-10(17)11-3-6-14(7-4-11)21-9-12-2-5-13(16)8-15(12)18(19)20/h2-8,10H,9,17H2,1H3. The Morgan fingerprint density at radius 3 is 2.52 bits per heavy atom. The summed E-state index contributed by atoms with van der Waals surface area (Å²) in [5, 5.41) is 11.1. The van der Waals surface area contributed by atoms with Crippen LogP contribution in [0.4, 0.5) is 5.69 Å². The quantitative estimate of drug-likeness (QED) is 0.474. The number of nitro groups is 1. The number of halogens is 1. The highest BCUT2D eigenvalue weighted by atomic mass is 79.9. The molecule has 1 atom stereocenters. The minimum absolute atomic E-state index is 0.0108. The van der Waals surface area contributed by atoms with Crippen molar-refractivity contribution in [2.75, 3.05) is 0 Å². The number of rotatable bonds is 5. The highest BCUT2D eigenvalue weighted by Crippen LogP contribution is 2.30. The summed E-state index contributed by atoms with van der Waals surface area (Å²) in [4.78, 5) is 11.8. The van der Waals surface area contributed by atoms with Crippen LogP contribution in [0.2, 0.25) is 0 Å². The summed E-state index contributed by atoms with van der Waals surface area (Å²) in [6, 6.07) is 13.1. The van der Waals surface area contributed by atoms with E-state index in [1.165, 1.54) is 6.07 Å². The van der Waals surface area contributed by atoms with Crippen LogP contribution in [0.3, 0.4) is 0 Å². The third-order valence-corrected chi connectivity index (χ3v) is 4.60. The molecular formula is C15H15BrN2O2S. The maximum absolute atomic E-state index is 11.1. The first-order chi connectivity index (χ1) is 9.97. The van der Waals surface area contributed by atoms with Crippen LogP contribution >= 0.6 is 27.7 Å². The zero-order valence-electron chi connectivity index (χ0n) is 11.5. The van der Waals surface area contributed by atoms with E-state index in [2.05, 4.69) is 15.9 Å². The molecule has 0 aliphatic rings. The van der Waals surface area contributed by atoms with Crippen molar-refractivity contribution < 1.29 is 4.92 Å². The molecule has 0 aliphatic carbocycles. The second kappa shape index (κ2) is 7.06. The molecule has 0 radical (unpaired) electrons. The molecule has 0 heterocycles. The first-order valence-corrected chi connectivity index (χ1v) is 8.16. The Labute approximate surface area is 136 Å². The smallest absolute Gasteiger partial charge is 0.274 e. The molecule has 2 aromatic rings. The van der Waals surface area contributed by atoms with E-state index in [9.17, 15) is 10.1 Å². The SMILES string of the molecule is CC(N)c1ccc(SCc2ccc(Br)cc2[N+](=O)[O-])cc1. The van der Waals surface area contributed by atoms with Gasteiger partial charge in [-0.15, -0.1) is 11.8 Å². The summed E-state index contributed by atoms with van der Waals surface area (Å²) in [6.07, 6.45) is 0. The normalized spacial score (nSPS) is 12.1. The van der Waals surface area contributed by atoms with Crippen molar-refractivity contribution in [2.24, 2.45) is 5.73 Å². The Kier molecular flexibility index (Phi) is 5.39. The summed E-state index contributed by atoms with van der Waals surface area (Å²) < 4.78 is 0.712. The van der Waals surface area contributed by atoms with Gasteiger partial charge in [-0.2, -0.15) is 0 Å². The molecule has 2 rings (SSSR count). The first kappa shape index (κ1) is 16.0. The Hall–Kier alpha value is -1.37. The molecule has 0 saturated heterocycles. The van der Waals surface area contributed by atoms with Gasteiger partial charge in [0.05, 0.1) is 4.92 Å². The molecular weight excluding hydrogens is 352 g/mol. The van der Waals surface area contributed by atoms with Gasteiger partial charge >= 0.3 is 0 Å². The number of benzene rings is 2. The number of hydrogen-bond donors (Lipinski definition) is 1. The molecule has 0 aliphatic heterocycles. The summed E-state index contributed by atoms with van der Waals surface area (Å²) >= 11 is 4.83. The zero-order valence-corrected chi connectivity index (χ0v) is 13.9. The third kappa shape index (κ3) is 4.30. The van der Waals surface area contributed by atoms with Crippen LogP contribution < -0.4 is 5.73 Å². The number of hydrogen-bond acceptors (Lipinski definition) is 4. The fourth-order valence-corrected chi connectivity index (χ4v) is 3.10. The maximum Gasteiger partial charge on any atom is 0.274 e. The number of thioether (sulfide) groups is 1. The summed E-state index contributed by atoms with van der Waals surface area (Å²) in [5.74, 6) is 0.557. The van der Waals surface area contributed by atoms with E-state index in [0.717, 1.165) is 10.5 Å². The van der Waals surface area contributed by atoms with Gasteiger partial charge in [-0.3, -0.25) is 10.1 Å². The lowest BCUT2D eigenvalue weighted by molar-refractivity contribution is -0.385. The van der Waals surface area contributed by atoms with Crippen LogP contribution in [0, 0.1) is 10.1 Å². The Balaban J connectivity index is 2.11. The van der Waals surface area contributed by atoms with Crippen LogP contribution in [-0.2, 0) is 5.75 Å². The van der Waals surface area contributed by atoms with Crippen molar-refractivity contribution in [3.63, 3.8) is 0 Å². The molecule has 0 aromatic heterocycles. The van der Waals surface area contributed by atoms with E-state index in [0.29, 0.717) is 15.8 Å². The van der Waals surface area contributed by atoms with Gasteiger partial charge in [0.15, 0.2) is 0 Å². The van der Waals surface area contributed by atoms with Gasteiger partial charge in [-0.05, 0) is 30.7 Å². The average Bonchev–Trinajstić information content (AvgIpc) is 2.46. The van der Waals surface area contributed by atoms with Crippen molar-refractivity contribution in [1.29, 1.82) is 0 Å². The molecule has 2 aromatic carbocycles. The zero-order chi connectivity index (χ0) is 15.4. The van der Waals surface area contributed by atoms with Gasteiger partial charge < -0.3 is 5.73 Å². The first-order valence-electron chi connectivity index (χ1n) is 6.38. The topological polar surface area (TPSA) is 69.2 Å². The lowest BCUT2D eigenvalue weighted by Crippen LogP contribution is -2.04. The Bertz CT molecular complexity index is 645. The molecule has 110 valence electrons. The molecule has 21 heavy (non-hydrogen) atoms. The van der Waals surface area contributed by atoms with Gasteiger partial charge in [0.1, 0.15) is 0 Å². The van der Waals surface area contributed by atoms with Gasteiger partial charge in [0.2, 0.25) is 0 Å².